The molecule has 0 saturated heterocycles. The van der Waals surface area contributed by atoms with E-state index in [4.69, 9.17) is 15.6 Å². The largest absolute Gasteiger partial charge is 0.424 e. The Kier molecular flexibility index (Phi) is 4.37. The molecular weight excluding hydrogens is 324 g/mol. The molecule has 4 rings (SSSR count). The lowest BCUT2D eigenvalue weighted by Gasteiger charge is -2.21. The molecule has 26 heavy (non-hydrogen) atoms. The summed E-state index contributed by atoms with van der Waals surface area (Å²) in [6.45, 7) is 1.75. The molecular formula is C21H24N4O. The number of nitrogens with one attached hydrogen (secondary N) is 2. The van der Waals surface area contributed by atoms with Gasteiger partial charge in [0.1, 0.15) is 5.52 Å². The van der Waals surface area contributed by atoms with Crippen molar-refractivity contribution in [2.24, 2.45) is 0 Å². The van der Waals surface area contributed by atoms with Crippen LogP contribution in [0.1, 0.15) is 44.6 Å². The van der Waals surface area contributed by atoms with Crippen LogP contribution in [0.3, 0.4) is 0 Å². The van der Waals surface area contributed by atoms with E-state index in [1.165, 1.54) is 32.1 Å². The van der Waals surface area contributed by atoms with Crippen LogP contribution in [0.25, 0.3) is 22.2 Å². The van der Waals surface area contributed by atoms with Crippen LogP contribution in [-0.4, -0.2) is 16.7 Å². The Balaban J connectivity index is 1.63. The lowest BCUT2D eigenvalue weighted by atomic mass is 9.96. The zero-order valence-electron chi connectivity index (χ0n) is 15.0. The van der Waals surface area contributed by atoms with Crippen molar-refractivity contribution in [2.45, 2.75) is 45.1 Å². The molecule has 4 N–H and O–H groups in total. The van der Waals surface area contributed by atoms with Gasteiger partial charge in [-0.2, -0.15) is 4.98 Å². The summed E-state index contributed by atoms with van der Waals surface area (Å²) in [5.41, 5.74) is 11.5. The van der Waals surface area contributed by atoms with Crippen molar-refractivity contribution < 1.29 is 4.42 Å². The number of nitrogens with zero attached hydrogens (tertiary/aromatic N) is 1. The Hall–Kier alpha value is -2.82. The Bertz CT molecular complexity index is 954. The first-order valence-electron chi connectivity index (χ1n) is 9.23. The fourth-order valence-electron chi connectivity index (χ4n) is 3.65. The average molecular weight is 348 g/mol. The zero-order chi connectivity index (χ0) is 18.1. The maximum absolute atomic E-state index is 7.88. The first-order valence-corrected chi connectivity index (χ1v) is 9.23. The summed E-state index contributed by atoms with van der Waals surface area (Å²) in [5.74, 6) is 0. The van der Waals surface area contributed by atoms with Gasteiger partial charge in [-0.05, 0) is 55.2 Å². The van der Waals surface area contributed by atoms with E-state index in [1.807, 2.05) is 36.4 Å². The first kappa shape index (κ1) is 16.6. The van der Waals surface area contributed by atoms with Crippen molar-refractivity contribution in [1.82, 2.24) is 4.98 Å². The van der Waals surface area contributed by atoms with Crippen LogP contribution >= 0.6 is 0 Å². The second-order valence-corrected chi connectivity index (χ2v) is 7.11. The van der Waals surface area contributed by atoms with E-state index in [-0.39, 0.29) is 0 Å². The molecule has 3 aromatic rings. The van der Waals surface area contributed by atoms with E-state index < -0.39 is 0 Å². The van der Waals surface area contributed by atoms with E-state index in [1.54, 1.807) is 6.92 Å². The zero-order valence-corrected chi connectivity index (χ0v) is 15.0. The van der Waals surface area contributed by atoms with Gasteiger partial charge >= 0.3 is 0 Å². The predicted octanol–water partition coefficient (Wildman–Crippen LogP) is 5.21. The molecule has 0 radical (unpaired) electrons. The average Bonchev–Trinajstić information content (AvgIpc) is 3.04. The van der Waals surface area contributed by atoms with E-state index >= 15 is 0 Å². The van der Waals surface area contributed by atoms with Gasteiger partial charge in [-0.3, -0.25) is 0 Å². The molecule has 1 fully saturated rings. The third-order valence-electron chi connectivity index (χ3n) is 5.11. The minimum atomic E-state index is 0.464. The van der Waals surface area contributed by atoms with Crippen LogP contribution < -0.4 is 11.1 Å². The highest BCUT2D eigenvalue weighted by atomic mass is 16.4. The van der Waals surface area contributed by atoms with Crippen LogP contribution in [0.2, 0.25) is 0 Å². The summed E-state index contributed by atoms with van der Waals surface area (Å²) >= 11 is 0. The molecule has 1 aromatic heterocycles. The van der Waals surface area contributed by atoms with Crippen molar-refractivity contribution in [3.63, 3.8) is 0 Å². The molecule has 0 aliphatic heterocycles. The molecule has 0 unspecified atom stereocenters. The van der Waals surface area contributed by atoms with Crippen molar-refractivity contribution in [3.8, 4) is 11.1 Å². The fraction of sp³-hybridized carbons (Fsp3) is 0.333. The number of rotatable bonds is 4. The Labute approximate surface area is 153 Å². The Morgan fingerprint density at radius 2 is 1.85 bits per heavy atom. The van der Waals surface area contributed by atoms with Crippen LogP contribution in [-0.2, 0) is 0 Å². The van der Waals surface area contributed by atoms with Gasteiger partial charge in [-0.25, -0.2) is 0 Å². The predicted molar refractivity (Wildman–Crippen MR) is 107 cm³/mol. The van der Waals surface area contributed by atoms with Crippen LogP contribution in [0.5, 0.6) is 0 Å². The standard InChI is InChI=1S/C21H24N4O/c1-13(22)17-11-14(7-9-18(17)23)15-8-10-20-19(12-15)25-21(26-20)24-16-5-3-2-4-6-16/h7-12,16,22H,2-6,23H2,1H3,(H,24,25). The van der Waals surface area contributed by atoms with E-state index in [9.17, 15) is 0 Å². The number of hydrogen-bond donors (Lipinski definition) is 3. The highest BCUT2D eigenvalue weighted by molar-refractivity contribution is 6.02. The number of aromatic nitrogens is 1. The molecule has 2 aromatic carbocycles. The van der Waals surface area contributed by atoms with Gasteiger partial charge in [0, 0.05) is 23.0 Å². The van der Waals surface area contributed by atoms with Crippen molar-refractivity contribution in [3.05, 3.63) is 42.0 Å². The third kappa shape index (κ3) is 3.29. The van der Waals surface area contributed by atoms with E-state index in [0.29, 0.717) is 23.5 Å². The molecule has 1 saturated carbocycles. The Morgan fingerprint density at radius 1 is 1.12 bits per heavy atom. The summed E-state index contributed by atoms with van der Waals surface area (Å²) in [4.78, 5) is 4.62. The summed E-state index contributed by atoms with van der Waals surface area (Å²) in [5, 5.41) is 11.3. The molecule has 5 nitrogen and oxygen atoms in total. The number of hydrogen-bond acceptors (Lipinski definition) is 5. The molecule has 1 aliphatic rings. The van der Waals surface area contributed by atoms with Gasteiger partial charge in [-0.1, -0.05) is 31.4 Å². The van der Waals surface area contributed by atoms with Crippen molar-refractivity contribution in [1.29, 1.82) is 5.41 Å². The fourth-order valence-corrected chi connectivity index (χ4v) is 3.65. The molecule has 5 heteroatoms. The number of benzene rings is 2. The van der Waals surface area contributed by atoms with Crippen molar-refractivity contribution >= 4 is 28.5 Å². The molecule has 1 aliphatic carbocycles. The minimum absolute atomic E-state index is 0.464. The van der Waals surface area contributed by atoms with Gasteiger partial charge in [0.25, 0.3) is 6.01 Å². The minimum Gasteiger partial charge on any atom is -0.424 e. The number of fused-ring (bicyclic) bond motifs is 1. The quantitative estimate of drug-likeness (QED) is 0.446. The SMILES string of the molecule is CC(=N)c1cc(-c2ccc3oc(NC4CCCCC4)nc3c2)ccc1N. The van der Waals surface area contributed by atoms with Crippen LogP contribution in [0, 0.1) is 5.41 Å². The van der Waals surface area contributed by atoms with Gasteiger partial charge in [0.15, 0.2) is 5.58 Å². The molecule has 0 bridgehead atoms. The number of anilines is 2. The molecule has 134 valence electrons. The number of nitrogen functional groups attached to an aromatic ring is 1. The van der Waals surface area contributed by atoms with Gasteiger partial charge in [0.2, 0.25) is 0 Å². The van der Waals surface area contributed by atoms with E-state index in [2.05, 4.69) is 10.3 Å². The monoisotopic (exact) mass is 348 g/mol. The topological polar surface area (TPSA) is 87.9 Å². The molecule has 0 atom stereocenters. The third-order valence-corrected chi connectivity index (χ3v) is 5.11. The summed E-state index contributed by atoms with van der Waals surface area (Å²) < 4.78 is 5.87. The van der Waals surface area contributed by atoms with Gasteiger partial charge in [-0.15, -0.1) is 0 Å². The van der Waals surface area contributed by atoms with E-state index in [0.717, 1.165) is 27.8 Å². The van der Waals surface area contributed by atoms with Gasteiger partial charge in [0.05, 0.1) is 0 Å². The summed E-state index contributed by atoms with van der Waals surface area (Å²) in [6.07, 6.45) is 6.23. The number of oxazole rings is 1. The maximum atomic E-state index is 7.88. The van der Waals surface area contributed by atoms with Crippen LogP contribution in [0.15, 0.2) is 40.8 Å². The van der Waals surface area contributed by atoms with Crippen molar-refractivity contribution in [2.75, 3.05) is 11.1 Å². The number of nitrogens with two attached hydrogens (primary N) is 1. The highest BCUT2D eigenvalue weighted by Crippen LogP contribution is 2.29. The van der Waals surface area contributed by atoms with Crippen LogP contribution in [0.4, 0.5) is 11.7 Å². The maximum Gasteiger partial charge on any atom is 0.295 e. The summed E-state index contributed by atoms with van der Waals surface area (Å²) in [7, 11) is 0. The van der Waals surface area contributed by atoms with Gasteiger partial charge < -0.3 is 20.9 Å². The molecule has 0 amide bonds. The second-order valence-electron chi connectivity index (χ2n) is 7.11. The molecule has 0 spiro atoms. The lowest BCUT2D eigenvalue weighted by molar-refractivity contribution is 0.451. The second kappa shape index (κ2) is 6.83. The lowest BCUT2D eigenvalue weighted by Crippen LogP contribution is -2.22. The normalized spacial score (nSPS) is 15.3. The summed E-state index contributed by atoms with van der Waals surface area (Å²) in [6, 6.07) is 12.9. The Morgan fingerprint density at radius 3 is 2.62 bits per heavy atom. The smallest absolute Gasteiger partial charge is 0.295 e. The molecule has 1 heterocycles. The highest BCUT2D eigenvalue weighted by Gasteiger charge is 2.16. The first-order chi connectivity index (χ1) is 12.6.